The van der Waals surface area contributed by atoms with Gasteiger partial charge in [-0.2, -0.15) is 0 Å². The minimum absolute atomic E-state index is 0.315. The van der Waals surface area contributed by atoms with Gasteiger partial charge in [-0.1, -0.05) is 59.6 Å². The minimum atomic E-state index is 0.315. The van der Waals surface area contributed by atoms with Crippen LogP contribution in [-0.4, -0.2) is 11.4 Å². The van der Waals surface area contributed by atoms with E-state index < -0.39 is 0 Å². The summed E-state index contributed by atoms with van der Waals surface area (Å²) in [5.41, 5.74) is 4.14. The zero-order valence-electron chi connectivity index (χ0n) is 15.2. The van der Waals surface area contributed by atoms with Gasteiger partial charge >= 0.3 is 0 Å². The van der Waals surface area contributed by atoms with Crippen molar-refractivity contribution in [2.24, 2.45) is 0 Å². The number of ether oxygens (including phenoxy) is 1. The van der Waals surface area contributed by atoms with Crippen LogP contribution >= 0.6 is 23.2 Å². The predicted molar refractivity (Wildman–Crippen MR) is 112 cm³/mol. The first-order valence-corrected chi connectivity index (χ1v) is 9.89. The number of hydrogen-bond donors (Lipinski definition) is 0. The first-order valence-electron chi connectivity index (χ1n) is 9.14. The van der Waals surface area contributed by atoms with Crippen LogP contribution in [0.25, 0.3) is 0 Å². The topological polar surface area (TPSA) is 12.5 Å². The molecule has 1 atom stereocenters. The molecular weight excluding hydrogens is 377 g/mol. The lowest BCUT2D eigenvalue weighted by Gasteiger charge is -2.34. The molecule has 0 spiro atoms. The van der Waals surface area contributed by atoms with Crippen molar-refractivity contribution in [3.8, 4) is 11.5 Å². The summed E-state index contributed by atoms with van der Waals surface area (Å²) in [5, 5.41) is 1.02. The van der Waals surface area contributed by atoms with E-state index in [2.05, 4.69) is 48.2 Å². The molecule has 0 amide bonds. The highest BCUT2D eigenvalue weighted by atomic mass is 35.5. The lowest BCUT2D eigenvalue weighted by atomic mass is 9.97. The molecule has 3 aromatic rings. The third-order valence-corrected chi connectivity index (χ3v) is 5.91. The van der Waals surface area contributed by atoms with Gasteiger partial charge in [0.1, 0.15) is 11.5 Å². The number of fused-ring (bicyclic) bond motifs is 1. The summed E-state index contributed by atoms with van der Waals surface area (Å²) in [6.45, 7) is 4.30. The van der Waals surface area contributed by atoms with E-state index in [1.54, 1.807) is 12.1 Å². The third-order valence-electron chi connectivity index (χ3n) is 5.18. The monoisotopic (exact) mass is 397 g/mol. The number of hydrogen-bond acceptors (Lipinski definition) is 2. The van der Waals surface area contributed by atoms with E-state index in [9.17, 15) is 0 Å². The molecule has 0 aliphatic carbocycles. The van der Waals surface area contributed by atoms with Crippen LogP contribution in [0, 0.1) is 0 Å². The first-order chi connectivity index (χ1) is 13.1. The van der Waals surface area contributed by atoms with Crippen molar-refractivity contribution in [1.29, 1.82) is 0 Å². The van der Waals surface area contributed by atoms with E-state index in [0.717, 1.165) is 25.3 Å². The molecule has 4 rings (SSSR count). The summed E-state index contributed by atoms with van der Waals surface area (Å²) in [5.74, 6) is 1.48. The number of nitrogens with zero attached hydrogens (tertiary/aromatic N) is 1. The maximum Gasteiger partial charge on any atom is 0.129 e. The molecule has 1 aliphatic heterocycles. The van der Waals surface area contributed by atoms with E-state index in [1.807, 2.05) is 18.2 Å². The Morgan fingerprint density at radius 2 is 1.63 bits per heavy atom. The second-order valence-corrected chi connectivity index (χ2v) is 7.73. The Hall–Kier alpha value is -2.00. The van der Waals surface area contributed by atoms with Crippen molar-refractivity contribution in [3.05, 3.63) is 93.5 Å². The summed E-state index contributed by atoms with van der Waals surface area (Å²) in [6.07, 6.45) is 1.10. The van der Waals surface area contributed by atoms with Gasteiger partial charge in [0.25, 0.3) is 0 Å². The molecule has 0 radical (unpaired) electrons. The van der Waals surface area contributed by atoms with Gasteiger partial charge in [-0.3, -0.25) is 4.90 Å². The Labute approximate surface area is 170 Å². The molecule has 0 N–H and O–H groups in total. The summed E-state index contributed by atoms with van der Waals surface area (Å²) >= 11 is 12.1. The zero-order chi connectivity index (χ0) is 18.8. The molecule has 1 unspecified atom stereocenters. The minimum Gasteiger partial charge on any atom is -0.457 e. The second kappa shape index (κ2) is 7.93. The maximum atomic E-state index is 6.09. The van der Waals surface area contributed by atoms with Crippen LogP contribution in [0.1, 0.15) is 29.7 Å². The summed E-state index contributed by atoms with van der Waals surface area (Å²) in [4.78, 5) is 2.51. The molecule has 27 heavy (non-hydrogen) atoms. The van der Waals surface area contributed by atoms with Gasteiger partial charge < -0.3 is 4.74 Å². The molecule has 1 heterocycles. The highest BCUT2D eigenvalue weighted by Crippen LogP contribution is 2.32. The fourth-order valence-corrected chi connectivity index (χ4v) is 3.86. The largest absolute Gasteiger partial charge is 0.457 e. The Bertz CT molecular complexity index is 957. The molecular formula is C23H21Cl2NO. The lowest BCUT2D eigenvalue weighted by Crippen LogP contribution is -2.32. The standard InChI is InChI=1S/C23H21Cl2NO/c1-16(26-12-11-17-5-2-3-6-19(17)15-26)18-7-4-8-20(13-18)27-21-9-10-22(24)23(25)14-21/h2-10,13-14,16H,11-12,15H2,1H3. The summed E-state index contributed by atoms with van der Waals surface area (Å²) in [6, 6.07) is 22.6. The quantitative estimate of drug-likeness (QED) is 0.474. The SMILES string of the molecule is CC(c1cccc(Oc2ccc(Cl)c(Cl)c2)c1)N1CCc2ccccc2C1. The highest BCUT2D eigenvalue weighted by molar-refractivity contribution is 6.42. The average molecular weight is 398 g/mol. The van der Waals surface area contributed by atoms with Crippen molar-refractivity contribution in [3.63, 3.8) is 0 Å². The maximum absolute atomic E-state index is 6.09. The van der Waals surface area contributed by atoms with E-state index in [4.69, 9.17) is 27.9 Å². The second-order valence-electron chi connectivity index (χ2n) is 6.92. The van der Waals surface area contributed by atoms with E-state index >= 15 is 0 Å². The molecule has 0 bridgehead atoms. The summed E-state index contributed by atoms with van der Waals surface area (Å²) in [7, 11) is 0. The van der Waals surface area contributed by atoms with Gasteiger partial charge in [0, 0.05) is 25.2 Å². The van der Waals surface area contributed by atoms with E-state index in [0.29, 0.717) is 21.8 Å². The number of halogens is 2. The molecule has 1 aliphatic rings. The normalized spacial score (nSPS) is 15.2. The van der Waals surface area contributed by atoms with Crippen LogP contribution < -0.4 is 4.74 Å². The first kappa shape index (κ1) is 18.4. The highest BCUT2D eigenvalue weighted by Gasteiger charge is 2.21. The van der Waals surface area contributed by atoms with E-state index in [-0.39, 0.29) is 0 Å². The summed E-state index contributed by atoms with van der Waals surface area (Å²) < 4.78 is 5.99. The molecule has 138 valence electrons. The van der Waals surface area contributed by atoms with Crippen molar-refractivity contribution in [2.75, 3.05) is 6.54 Å². The molecule has 2 nitrogen and oxygen atoms in total. The van der Waals surface area contributed by atoms with E-state index in [1.165, 1.54) is 16.7 Å². The van der Waals surface area contributed by atoms with Crippen LogP contribution in [0.3, 0.4) is 0 Å². The molecule has 0 saturated heterocycles. The van der Waals surface area contributed by atoms with Crippen LogP contribution in [0.15, 0.2) is 66.7 Å². The van der Waals surface area contributed by atoms with Gasteiger partial charge in [0.05, 0.1) is 10.0 Å². The van der Waals surface area contributed by atoms with Gasteiger partial charge in [-0.15, -0.1) is 0 Å². The Balaban J connectivity index is 1.51. The third kappa shape index (κ3) is 4.14. The average Bonchev–Trinajstić information content (AvgIpc) is 2.70. The Kier molecular flexibility index (Phi) is 5.40. The van der Waals surface area contributed by atoms with Crippen LogP contribution in [0.4, 0.5) is 0 Å². The fourth-order valence-electron chi connectivity index (χ4n) is 3.57. The molecule has 0 saturated carbocycles. The van der Waals surface area contributed by atoms with Crippen molar-refractivity contribution in [2.45, 2.75) is 25.9 Å². The lowest BCUT2D eigenvalue weighted by molar-refractivity contribution is 0.192. The predicted octanol–water partition coefficient (Wildman–Crippen LogP) is 6.91. The van der Waals surface area contributed by atoms with Gasteiger partial charge in [0.2, 0.25) is 0 Å². The Morgan fingerprint density at radius 1 is 0.852 bits per heavy atom. The van der Waals surface area contributed by atoms with Gasteiger partial charge in [-0.25, -0.2) is 0 Å². The number of benzene rings is 3. The zero-order valence-corrected chi connectivity index (χ0v) is 16.7. The van der Waals surface area contributed by atoms with Crippen LogP contribution in [0.5, 0.6) is 11.5 Å². The van der Waals surface area contributed by atoms with Crippen LogP contribution in [0.2, 0.25) is 10.0 Å². The molecule has 4 heteroatoms. The van der Waals surface area contributed by atoms with Gasteiger partial charge in [-0.05, 0) is 54.3 Å². The van der Waals surface area contributed by atoms with Crippen molar-refractivity contribution < 1.29 is 4.74 Å². The molecule has 0 aromatic heterocycles. The number of rotatable bonds is 4. The molecule has 3 aromatic carbocycles. The fraction of sp³-hybridized carbons (Fsp3) is 0.217. The molecule has 0 fully saturated rings. The van der Waals surface area contributed by atoms with Crippen molar-refractivity contribution in [1.82, 2.24) is 4.90 Å². The van der Waals surface area contributed by atoms with Gasteiger partial charge in [0.15, 0.2) is 0 Å². The smallest absolute Gasteiger partial charge is 0.129 e. The Morgan fingerprint density at radius 3 is 2.44 bits per heavy atom. The van der Waals surface area contributed by atoms with Crippen LogP contribution in [-0.2, 0) is 13.0 Å². The van der Waals surface area contributed by atoms with Crippen molar-refractivity contribution >= 4 is 23.2 Å².